The lowest BCUT2D eigenvalue weighted by Crippen LogP contribution is -2.42. The maximum atomic E-state index is 12.1. The summed E-state index contributed by atoms with van der Waals surface area (Å²) in [5.41, 5.74) is 8.68. The summed E-state index contributed by atoms with van der Waals surface area (Å²) in [5, 5.41) is 8.04. The highest BCUT2D eigenvalue weighted by molar-refractivity contribution is 5.84. The molecule has 0 saturated heterocycles. The minimum absolute atomic E-state index is 0.0262. The quantitative estimate of drug-likeness (QED) is 0.350. The van der Waals surface area contributed by atoms with Crippen molar-refractivity contribution in [2.75, 3.05) is 10.6 Å². The number of nitrogens with two attached hydrogens (primary N) is 1. The van der Waals surface area contributed by atoms with Gasteiger partial charge in [0, 0.05) is 35.0 Å². The van der Waals surface area contributed by atoms with Crippen molar-refractivity contribution in [2.24, 2.45) is 23.5 Å². The Bertz CT molecular complexity index is 1210. The van der Waals surface area contributed by atoms with E-state index in [4.69, 9.17) is 10.7 Å². The number of nitrogens with one attached hydrogen (secondary N) is 4. The number of H-pyrrole nitrogens is 2. The van der Waals surface area contributed by atoms with E-state index in [1.165, 1.54) is 0 Å². The first-order valence-corrected chi connectivity index (χ1v) is 10.4. The molecule has 3 heterocycles. The van der Waals surface area contributed by atoms with Crippen molar-refractivity contribution in [1.29, 1.82) is 0 Å². The molecule has 1 aromatic heterocycles. The lowest BCUT2D eigenvalue weighted by molar-refractivity contribution is -0.123. The molecule has 4 atom stereocenters. The average molecular weight is 401 g/mol. The monoisotopic (exact) mass is 401 g/mol. The molecule has 2 bridgehead atoms. The SMILES string of the molecule is NC(=O)C1C2CCC(C2)C1Nc1nc(Nc2ccc3[nH]ccc3c2)[nH]c2nccc1-2. The summed E-state index contributed by atoms with van der Waals surface area (Å²) in [6.45, 7) is 0. The Morgan fingerprint density at radius 1 is 1.17 bits per heavy atom. The van der Waals surface area contributed by atoms with Crippen molar-refractivity contribution < 1.29 is 4.79 Å². The van der Waals surface area contributed by atoms with Crippen LogP contribution in [0.2, 0.25) is 0 Å². The van der Waals surface area contributed by atoms with E-state index >= 15 is 0 Å². The topological polar surface area (TPSA) is 125 Å². The fourth-order valence-electron chi connectivity index (χ4n) is 5.44. The van der Waals surface area contributed by atoms with E-state index in [2.05, 4.69) is 31.7 Å². The Morgan fingerprint density at radius 3 is 2.97 bits per heavy atom. The molecule has 2 aliphatic heterocycles. The Kier molecular flexibility index (Phi) is 3.74. The third-order valence-electron chi connectivity index (χ3n) is 6.78. The van der Waals surface area contributed by atoms with Crippen molar-refractivity contribution in [3.63, 3.8) is 0 Å². The number of aromatic nitrogens is 4. The number of nitrogens with zero attached hydrogens (tertiary/aromatic N) is 2. The van der Waals surface area contributed by atoms with Gasteiger partial charge in [0.25, 0.3) is 0 Å². The molecule has 152 valence electrons. The molecule has 1 amide bonds. The van der Waals surface area contributed by atoms with Gasteiger partial charge in [0.15, 0.2) is 0 Å². The van der Waals surface area contributed by atoms with Gasteiger partial charge in [-0.05, 0) is 61.4 Å². The van der Waals surface area contributed by atoms with Crippen LogP contribution in [0.3, 0.4) is 0 Å². The summed E-state index contributed by atoms with van der Waals surface area (Å²) in [5.74, 6) is 2.57. The zero-order valence-corrected chi connectivity index (χ0v) is 16.4. The first-order chi connectivity index (χ1) is 14.7. The summed E-state index contributed by atoms with van der Waals surface area (Å²) in [6.07, 6.45) is 6.97. The normalized spacial score (nSPS) is 25.2. The molecule has 0 spiro atoms. The highest BCUT2D eigenvalue weighted by atomic mass is 16.1. The van der Waals surface area contributed by atoms with Gasteiger partial charge in [0.2, 0.25) is 11.9 Å². The van der Waals surface area contributed by atoms with Crippen LogP contribution in [0, 0.1) is 17.8 Å². The lowest BCUT2D eigenvalue weighted by Gasteiger charge is -2.30. The van der Waals surface area contributed by atoms with Gasteiger partial charge in [0.1, 0.15) is 11.6 Å². The summed E-state index contributed by atoms with van der Waals surface area (Å²) < 4.78 is 0. The van der Waals surface area contributed by atoms with Crippen molar-refractivity contribution in [1.82, 2.24) is 19.9 Å². The Balaban J connectivity index is 1.34. The van der Waals surface area contributed by atoms with Gasteiger partial charge in [-0.1, -0.05) is 0 Å². The van der Waals surface area contributed by atoms with E-state index in [-0.39, 0.29) is 17.9 Å². The second kappa shape index (κ2) is 6.48. The third kappa shape index (κ3) is 2.71. The van der Waals surface area contributed by atoms with Crippen molar-refractivity contribution >= 4 is 34.3 Å². The number of aromatic amines is 2. The minimum Gasteiger partial charge on any atom is -0.369 e. The van der Waals surface area contributed by atoms with Crippen LogP contribution in [0.15, 0.2) is 42.7 Å². The first kappa shape index (κ1) is 17.3. The van der Waals surface area contributed by atoms with Gasteiger partial charge in [-0.2, -0.15) is 4.98 Å². The highest BCUT2D eigenvalue weighted by Crippen LogP contribution is 2.49. The molecule has 2 fully saturated rings. The molecule has 6 rings (SSSR count). The fourth-order valence-corrected chi connectivity index (χ4v) is 5.44. The molecule has 6 N–H and O–H groups in total. The van der Waals surface area contributed by atoms with E-state index < -0.39 is 0 Å². The largest absolute Gasteiger partial charge is 0.369 e. The standard InChI is InChI=1S/C22H23N7O/c23-19(30)17-12-1-2-13(9-12)18(17)27-21-15-6-8-25-20(15)28-22(29-21)26-14-3-4-16-11(10-14)5-7-24-16/h3-8,10,12-13,17-18,24H,1-2,9H2,(H2,23,30)(H3,25,26,27,28,29). The maximum Gasteiger partial charge on any atom is 0.222 e. The van der Waals surface area contributed by atoms with Crippen molar-refractivity contribution in [3.8, 4) is 11.4 Å². The molecule has 0 radical (unpaired) electrons. The molecule has 8 heteroatoms. The van der Waals surface area contributed by atoms with E-state index in [9.17, 15) is 4.79 Å². The van der Waals surface area contributed by atoms with Crippen molar-refractivity contribution in [2.45, 2.75) is 25.3 Å². The first-order valence-electron chi connectivity index (χ1n) is 10.4. The second-order valence-electron chi connectivity index (χ2n) is 8.48. The predicted octanol–water partition coefficient (Wildman–Crippen LogP) is 3.45. The third-order valence-corrected chi connectivity index (χ3v) is 6.78. The number of hydrogen-bond acceptors (Lipinski definition) is 5. The molecule has 2 aromatic rings. The number of primary amides is 1. The van der Waals surface area contributed by atoms with Crippen molar-refractivity contribution in [3.05, 3.63) is 42.7 Å². The summed E-state index contributed by atoms with van der Waals surface area (Å²) in [7, 11) is 0. The molecule has 30 heavy (non-hydrogen) atoms. The molecule has 4 aliphatic rings. The van der Waals surface area contributed by atoms with Crippen LogP contribution in [0.5, 0.6) is 0 Å². The Labute approximate surface area is 173 Å². The van der Waals surface area contributed by atoms with E-state index in [1.807, 2.05) is 30.5 Å². The number of fused-ring (bicyclic) bond motifs is 4. The average Bonchev–Trinajstić information content (AvgIpc) is 3.50. The van der Waals surface area contributed by atoms with Gasteiger partial charge < -0.3 is 26.3 Å². The predicted molar refractivity (Wildman–Crippen MR) is 116 cm³/mol. The van der Waals surface area contributed by atoms with E-state index in [1.54, 1.807) is 6.20 Å². The number of carbonyl (C=O) groups is 1. The Morgan fingerprint density at radius 2 is 2.07 bits per heavy atom. The zero-order valence-electron chi connectivity index (χ0n) is 16.4. The van der Waals surface area contributed by atoms with Gasteiger partial charge >= 0.3 is 0 Å². The molecule has 4 unspecified atom stereocenters. The molecular formula is C22H23N7O. The number of carbonyl (C=O) groups excluding carboxylic acids is 1. The molecule has 2 saturated carbocycles. The number of amides is 1. The molecule has 2 aliphatic carbocycles. The summed E-state index contributed by atoms with van der Waals surface area (Å²) in [4.78, 5) is 27.8. The number of rotatable bonds is 5. The molecule has 1 aromatic carbocycles. The summed E-state index contributed by atoms with van der Waals surface area (Å²) in [6, 6.07) is 10.1. The van der Waals surface area contributed by atoms with Crippen LogP contribution in [-0.2, 0) is 4.79 Å². The van der Waals surface area contributed by atoms with Crippen LogP contribution in [0.25, 0.3) is 22.3 Å². The molecular weight excluding hydrogens is 378 g/mol. The van der Waals surface area contributed by atoms with Crippen LogP contribution < -0.4 is 16.4 Å². The van der Waals surface area contributed by atoms with E-state index in [0.717, 1.165) is 53.1 Å². The lowest BCUT2D eigenvalue weighted by atomic mass is 9.84. The van der Waals surface area contributed by atoms with Crippen LogP contribution >= 0.6 is 0 Å². The minimum atomic E-state index is -0.211. The summed E-state index contributed by atoms with van der Waals surface area (Å²) >= 11 is 0. The molecule has 8 nitrogen and oxygen atoms in total. The maximum absolute atomic E-state index is 12.1. The van der Waals surface area contributed by atoms with Gasteiger partial charge in [-0.25, -0.2) is 4.98 Å². The zero-order chi connectivity index (χ0) is 20.2. The number of benzene rings is 1. The Hall–Kier alpha value is -3.55. The number of anilines is 3. The van der Waals surface area contributed by atoms with Crippen LogP contribution in [0.4, 0.5) is 17.5 Å². The van der Waals surface area contributed by atoms with Gasteiger partial charge in [-0.15, -0.1) is 0 Å². The second-order valence-corrected chi connectivity index (χ2v) is 8.48. The van der Waals surface area contributed by atoms with Gasteiger partial charge in [-0.3, -0.25) is 4.79 Å². The fraction of sp³-hybridized carbons (Fsp3) is 0.318. The number of hydrogen-bond donors (Lipinski definition) is 5. The van der Waals surface area contributed by atoms with E-state index in [0.29, 0.717) is 17.8 Å². The van der Waals surface area contributed by atoms with Gasteiger partial charge in [0.05, 0.1) is 11.5 Å². The smallest absolute Gasteiger partial charge is 0.222 e. The van der Waals surface area contributed by atoms with Crippen LogP contribution in [0.1, 0.15) is 19.3 Å². The highest BCUT2D eigenvalue weighted by Gasteiger charge is 2.50. The van der Waals surface area contributed by atoms with Crippen LogP contribution in [-0.4, -0.2) is 31.9 Å².